The molecule has 0 aromatic heterocycles. The molecule has 0 aliphatic carbocycles. The molecular weight excluding hydrogens is 214 g/mol. The molecule has 0 saturated heterocycles. The van der Waals surface area contributed by atoms with Crippen LogP contribution in [0.1, 0.15) is 36.5 Å². The molecule has 0 fully saturated rings. The lowest BCUT2D eigenvalue weighted by Gasteiger charge is -2.28. The fourth-order valence-corrected chi connectivity index (χ4v) is 2.22. The van der Waals surface area contributed by atoms with Crippen molar-refractivity contribution >= 4 is 6.09 Å². The van der Waals surface area contributed by atoms with E-state index in [-0.39, 0.29) is 6.09 Å². The summed E-state index contributed by atoms with van der Waals surface area (Å²) >= 11 is 0. The fraction of sp³-hybridized carbons (Fsp3) is 0.500. The largest absolute Gasteiger partial charge is 0.453 e. The van der Waals surface area contributed by atoms with Gasteiger partial charge < -0.3 is 9.64 Å². The van der Waals surface area contributed by atoms with Crippen molar-refractivity contribution in [3.8, 4) is 0 Å². The Labute approximate surface area is 102 Å². The molecule has 17 heavy (non-hydrogen) atoms. The zero-order chi connectivity index (χ0) is 12.4. The van der Waals surface area contributed by atoms with Crippen molar-refractivity contribution < 1.29 is 9.53 Å². The number of carbonyl (C=O) groups excluding carboxylic acids is 1. The molecule has 0 bridgehead atoms. The molecule has 0 spiro atoms. The second-order valence-electron chi connectivity index (χ2n) is 4.82. The van der Waals surface area contributed by atoms with Crippen molar-refractivity contribution in [3.63, 3.8) is 0 Å². The van der Waals surface area contributed by atoms with Crippen LogP contribution in [-0.4, -0.2) is 24.6 Å². The van der Waals surface area contributed by atoms with Crippen molar-refractivity contribution in [1.29, 1.82) is 0 Å². The summed E-state index contributed by atoms with van der Waals surface area (Å²) in [5.41, 5.74) is 3.94. The van der Waals surface area contributed by atoms with Crippen LogP contribution in [0, 0.1) is 0 Å². The van der Waals surface area contributed by atoms with Crippen LogP contribution in [0.15, 0.2) is 18.2 Å². The van der Waals surface area contributed by atoms with Crippen molar-refractivity contribution in [2.24, 2.45) is 0 Å². The maximum atomic E-state index is 11.5. The molecule has 0 atom stereocenters. The highest BCUT2D eigenvalue weighted by molar-refractivity contribution is 5.68. The third-order valence-electron chi connectivity index (χ3n) is 3.34. The van der Waals surface area contributed by atoms with Gasteiger partial charge in [0, 0.05) is 13.1 Å². The number of rotatable bonds is 1. The number of nitrogens with zero attached hydrogens (tertiary/aromatic N) is 1. The monoisotopic (exact) mass is 233 g/mol. The zero-order valence-electron chi connectivity index (χ0n) is 10.7. The normalized spacial score (nSPS) is 14.7. The summed E-state index contributed by atoms with van der Waals surface area (Å²) < 4.78 is 4.77. The van der Waals surface area contributed by atoms with Crippen molar-refractivity contribution in [3.05, 3.63) is 34.9 Å². The second-order valence-corrected chi connectivity index (χ2v) is 4.82. The predicted octanol–water partition coefficient (Wildman–Crippen LogP) is 2.93. The number of hydrogen-bond acceptors (Lipinski definition) is 2. The van der Waals surface area contributed by atoms with E-state index in [9.17, 15) is 4.79 Å². The molecule has 3 heteroatoms. The number of hydrogen-bond donors (Lipinski definition) is 0. The van der Waals surface area contributed by atoms with Gasteiger partial charge in [-0.1, -0.05) is 32.0 Å². The van der Waals surface area contributed by atoms with E-state index in [1.807, 2.05) is 0 Å². The lowest BCUT2D eigenvalue weighted by Crippen LogP contribution is -2.35. The Bertz CT molecular complexity index is 426. The lowest BCUT2D eigenvalue weighted by molar-refractivity contribution is 0.118. The highest BCUT2D eigenvalue weighted by Crippen LogP contribution is 2.24. The van der Waals surface area contributed by atoms with Crippen LogP contribution in [0.25, 0.3) is 0 Å². The summed E-state index contributed by atoms with van der Waals surface area (Å²) in [6.45, 7) is 5.79. The number of ether oxygens (including phenoxy) is 1. The molecular formula is C14H19NO2. The standard InChI is InChI=1S/C14H19NO2/c1-10(2)12-5-4-11-6-7-15(14(16)17-3)9-13(11)8-12/h4-5,8,10H,6-7,9H2,1-3H3. The van der Waals surface area contributed by atoms with E-state index in [0.717, 1.165) is 13.0 Å². The van der Waals surface area contributed by atoms with E-state index in [2.05, 4.69) is 32.0 Å². The number of carbonyl (C=O) groups is 1. The molecule has 1 aliphatic heterocycles. The lowest BCUT2D eigenvalue weighted by atomic mass is 9.93. The molecule has 3 nitrogen and oxygen atoms in total. The van der Waals surface area contributed by atoms with Crippen LogP contribution in [0.5, 0.6) is 0 Å². The van der Waals surface area contributed by atoms with E-state index in [0.29, 0.717) is 12.5 Å². The molecule has 1 amide bonds. The van der Waals surface area contributed by atoms with E-state index in [4.69, 9.17) is 4.74 Å². The molecule has 92 valence electrons. The summed E-state index contributed by atoms with van der Waals surface area (Å²) in [6, 6.07) is 6.60. The van der Waals surface area contributed by atoms with E-state index < -0.39 is 0 Å². The minimum atomic E-state index is -0.231. The quantitative estimate of drug-likeness (QED) is 0.746. The highest BCUT2D eigenvalue weighted by Gasteiger charge is 2.21. The molecule has 0 radical (unpaired) electrons. The maximum Gasteiger partial charge on any atom is 0.409 e. The summed E-state index contributed by atoms with van der Waals surface area (Å²) in [6.07, 6.45) is 0.689. The smallest absolute Gasteiger partial charge is 0.409 e. The van der Waals surface area contributed by atoms with Crippen molar-refractivity contribution in [1.82, 2.24) is 4.90 Å². The van der Waals surface area contributed by atoms with E-state index >= 15 is 0 Å². The molecule has 1 heterocycles. The summed E-state index contributed by atoms with van der Waals surface area (Å²) in [4.78, 5) is 13.3. The van der Waals surface area contributed by atoms with Gasteiger partial charge >= 0.3 is 6.09 Å². The Kier molecular flexibility index (Phi) is 3.36. The van der Waals surface area contributed by atoms with E-state index in [1.54, 1.807) is 4.90 Å². The van der Waals surface area contributed by atoms with Gasteiger partial charge in [-0.3, -0.25) is 0 Å². The first-order valence-electron chi connectivity index (χ1n) is 6.06. The average molecular weight is 233 g/mol. The Balaban J connectivity index is 2.23. The fourth-order valence-electron chi connectivity index (χ4n) is 2.22. The molecule has 1 aliphatic rings. The highest BCUT2D eigenvalue weighted by atomic mass is 16.5. The number of benzene rings is 1. The van der Waals surface area contributed by atoms with Crippen LogP contribution in [0.2, 0.25) is 0 Å². The van der Waals surface area contributed by atoms with Gasteiger partial charge in [-0.15, -0.1) is 0 Å². The maximum absolute atomic E-state index is 11.5. The van der Waals surface area contributed by atoms with E-state index in [1.165, 1.54) is 23.8 Å². The number of fused-ring (bicyclic) bond motifs is 1. The zero-order valence-corrected chi connectivity index (χ0v) is 10.7. The molecule has 0 saturated carbocycles. The van der Waals surface area contributed by atoms with Gasteiger partial charge in [0.2, 0.25) is 0 Å². The van der Waals surface area contributed by atoms with Crippen LogP contribution in [0.4, 0.5) is 4.79 Å². The van der Waals surface area contributed by atoms with Gasteiger partial charge in [0.1, 0.15) is 0 Å². The minimum Gasteiger partial charge on any atom is -0.453 e. The van der Waals surface area contributed by atoms with Crippen LogP contribution >= 0.6 is 0 Å². The number of amides is 1. The second kappa shape index (κ2) is 4.78. The summed E-state index contributed by atoms with van der Waals surface area (Å²) in [5.74, 6) is 0.522. The van der Waals surface area contributed by atoms with Gasteiger partial charge in [0.05, 0.1) is 7.11 Å². The van der Waals surface area contributed by atoms with Gasteiger partial charge in [-0.25, -0.2) is 4.79 Å². The summed E-state index contributed by atoms with van der Waals surface area (Å²) in [7, 11) is 1.43. The Hall–Kier alpha value is -1.51. The van der Waals surface area contributed by atoms with Gasteiger partial charge in [-0.05, 0) is 29.0 Å². The van der Waals surface area contributed by atoms with Crippen molar-refractivity contribution in [2.45, 2.75) is 32.7 Å². The van der Waals surface area contributed by atoms with Gasteiger partial charge in [-0.2, -0.15) is 0 Å². The topological polar surface area (TPSA) is 29.5 Å². The van der Waals surface area contributed by atoms with Crippen LogP contribution in [-0.2, 0) is 17.7 Å². The molecule has 1 aromatic carbocycles. The Morgan fingerprint density at radius 2 is 2.12 bits per heavy atom. The molecule has 0 unspecified atom stereocenters. The van der Waals surface area contributed by atoms with Crippen LogP contribution in [0.3, 0.4) is 0 Å². The van der Waals surface area contributed by atoms with Crippen LogP contribution < -0.4 is 0 Å². The molecule has 1 aromatic rings. The Morgan fingerprint density at radius 3 is 2.76 bits per heavy atom. The molecule has 0 N–H and O–H groups in total. The van der Waals surface area contributed by atoms with Gasteiger partial charge in [0.15, 0.2) is 0 Å². The molecule has 2 rings (SSSR count). The average Bonchev–Trinajstić information content (AvgIpc) is 2.36. The first-order valence-corrected chi connectivity index (χ1v) is 6.06. The number of methoxy groups -OCH3 is 1. The predicted molar refractivity (Wildman–Crippen MR) is 67.1 cm³/mol. The third-order valence-corrected chi connectivity index (χ3v) is 3.34. The third kappa shape index (κ3) is 2.43. The SMILES string of the molecule is COC(=O)N1CCc2ccc(C(C)C)cc2C1. The minimum absolute atomic E-state index is 0.231. The summed E-state index contributed by atoms with van der Waals surface area (Å²) in [5, 5.41) is 0. The van der Waals surface area contributed by atoms with Crippen molar-refractivity contribution in [2.75, 3.05) is 13.7 Å². The first-order chi connectivity index (χ1) is 8.11. The Morgan fingerprint density at radius 1 is 1.35 bits per heavy atom. The van der Waals surface area contributed by atoms with Gasteiger partial charge in [0.25, 0.3) is 0 Å². The first kappa shape index (κ1) is 12.0.